The van der Waals surface area contributed by atoms with Crippen LogP contribution in [0.4, 0.5) is 11.4 Å². The third-order valence-electron chi connectivity index (χ3n) is 4.04. The average Bonchev–Trinajstić information content (AvgIpc) is 3.09. The Morgan fingerprint density at radius 1 is 1.04 bits per heavy atom. The Hall–Kier alpha value is -3.55. The molecule has 2 aromatic carbocycles. The lowest BCUT2D eigenvalue weighted by Crippen LogP contribution is -2.20. The fourth-order valence-corrected chi connectivity index (χ4v) is 2.65. The Kier molecular flexibility index (Phi) is 5.78. The average molecular weight is 378 g/mol. The van der Waals surface area contributed by atoms with Gasteiger partial charge in [-0.05, 0) is 34.9 Å². The molecule has 8 heteroatoms. The number of carbonyl (C=O) groups excluding carboxylic acids is 2. The summed E-state index contributed by atoms with van der Waals surface area (Å²) in [6.07, 6.45) is 0. The Balaban J connectivity index is 1.63. The second kappa shape index (κ2) is 8.43. The topological polar surface area (TPSA) is 102 Å². The number of tetrazole rings is 1. The zero-order chi connectivity index (χ0) is 20.1. The monoisotopic (exact) mass is 378 g/mol. The van der Waals surface area contributed by atoms with Crippen LogP contribution in [0.1, 0.15) is 32.3 Å². The summed E-state index contributed by atoms with van der Waals surface area (Å²) in [5.74, 6) is 0.449. The lowest BCUT2D eigenvalue weighted by Gasteiger charge is -2.07. The molecule has 0 atom stereocenters. The van der Waals surface area contributed by atoms with Crippen LogP contribution >= 0.6 is 0 Å². The summed E-state index contributed by atoms with van der Waals surface area (Å²) < 4.78 is 0. The number of rotatable bonds is 6. The predicted octanol–water partition coefficient (Wildman–Crippen LogP) is 3.06. The van der Waals surface area contributed by atoms with Crippen LogP contribution in [0.3, 0.4) is 0 Å². The smallest absolute Gasteiger partial charge is 0.248 e. The normalized spacial score (nSPS) is 10.7. The molecule has 0 spiro atoms. The summed E-state index contributed by atoms with van der Waals surface area (Å²) in [4.78, 5) is 24.6. The van der Waals surface area contributed by atoms with Gasteiger partial charge in [0.2, 0.25) is 17.6 Å². The van der Waals surface area contributed by atoms with Gasteiger partial charge < -0.3 is 10.6 Å². The number of carbonyl (C=O) groups is 2. The van der Waals surface area contributed by atoms with E-state index in [2.05, 4.69) is 39.9 Å². The van der Waals surface area contributed by atoms with E-state index in [1.54, 1.807) is 24.3 Å². The van der Waals surface area contributed by atoms with Crippen LogP contribution in [-0.2, 0) is 16.1 Å². The van der Waals surface area contributed by atoms with Crippen molar-refractivity contribution in [2.24, 2.45) is 0 Å². The quantitative estimate of drug-likeness (QED) is 0.686. The molecule has 2 N–H and O–H groups in total. The highest BCUT2D eigenvalue weighted by molar-refractivity contribution is 5.93. The fourth-order valence-electron chi connectivity index (χ4n) is 2.65. The molecule has 144 valence electrons. The molecule has 3 rings (SSSR count). The molecule has 0 saturated carbocycles. The van der Waals surface area contributed by atoms with E-state index in [1.807, 2.05) is 24.3 Å². The molecule has 0 bridgehead atoms. The van der Waals surface area contributed by atoms with Crippen molar-refractivity contribution >= 4 is 23.2 Å². The highest BCUT2D eigenvalue weighted by Crippen LogP contribution is 2.19. The van der Waals surface area contributed by atoms with Gasteiger partial charge >= 0.3 is 0 Å². The van der Waals surface area contributed by atoms with Gasteiger partial charge in [0, 0.05) is 23.9 Å². The van der Waals surface area contributed by atoms with E-state index < -0.39 is 0 Å². The molecule has 0 saturated heterocycles. The first kappa shape index (κ1) is 19.2. The van der Waals surface area contributed by atoms with Crippen molar-refractivity contribution in [2.45, 2.75) is 33.2 Å². The van der Waals surface area contributed by atoms with E-state index >= 15 is 0 Å². The van der Waals surface area contributed by atoms with Crippen LogP contribution in [0.25, 0.3) is 11.4 Å². The minimum Gasteiger partial charge on any atom is -0.326 e. The van der Waals surface area contributed by atoms with Crippen molar-refractivity contribution in [2.75, 3.05) is 10.6 Å². The highest BCUT2D eigenvalue weighted by atomic mass is 16.2. The fraction of sp³-hybridized carbons (Fsp3) is 0.250. The maximum absolute atomic E-state index is 12.3. The third kappa shape index (κ3) is 5.00. The van der Waals surface area contributed by atoms with Gasteiger partial charge in [-0.25, -0.2) is 0 Å². The molecule has 0 radical (unpaired) electrons. The molecule has 0 aliphatic heterocycles. The van der Waals surface area contributed by atoms with Crippen molar-refractivity contribution in [3.8, 4) is 11.4 Å². The van der Waals surface area contributed by atoms with E-state index in [9.17, 15) is 9.59 Å². The number of anilines is 2. The summed E-state index contributed by atoms with van der Waals surface area (Å²) in [5, 5.41) is 17.7. The molecule has 1 heterocycles. The van der Waals surface area contributed by atoms with Crippen LogP contribution in [0, 0.1) is 0 Å². The number of benzene rings is 2. The number of nitrogens with one attached hydrogen (secondary N) is 2. The first-order valence-corrected chi connectivity index (χ1v) is 8.96. The highest BCUT2D eigenvalue weighted by Gasteiger charge is 2.10. The van der Waals surface area contributed by atoms with Crippen molar-refractivity contribution in [3.63, 3.8) is 0 Å². The summed E-state index contributed by atoms with van der Waals surface area (Å²) in [6.45, 7) is 5.62. The Morgan fingerprint density at radius 2 is 1.71 bits per heavy atom. The molecule has 0 unspecified atom stereocenters. The molecule has 0 aliphatic rings. The van der Waals surface area contributed by atoms with Gasteiger partial charge in [-0.3, -0.25) is 9.59 Å². The molecule has 2 amide bonds. The zero-order valence-corrected chi connectivity index (χ0v) is 16.0. The van der Waals surface area contributed by atoms with Gasteiger partial charge in [-0.1, -0.05) is 44.2 Å². The van der Waals surface area contributed by atoms with E-state index in [0.29, 0.717) is 23.1 Å². The van der Waals surface area contributed by atoms with Crippen LogP contribution in [0.2, 0.25) is 0 Å². The lowest BCUT2D eigenvalue weighted by atomic mass is 10.0. The number of aromatic nitrogens is 4. The van der Waals surface area contributed by atoms with E-state index in [-0.39, 0.29) is 18.4 Å². The minimum atomic E-state index is -0.293. The second-order valence-corrected chi connectivity index (χ2v) is 6.73. The number of nitrogens with zero attached hydrogens (tertiary/aromatic N) is 4. The Morgan fingerprint density at radius 3 is 2.36 bits per heavy atom. The van der Waals surface area contributed by atoms with Gasteiger partial charge in [0.25, 0.3) is 0 Å². The summed E-state index contributed by atoms with van der Waals surface area (Å²) in [7, 11) is 0. The first-order chi connectivity index (χ1) is 13.4. The number of amides is 2. The Labute approximate surface area is 163 Å². The van der Waals surface area contributed by atoms with E-state index in [0.717, 1.165) is 5.56 Å². The van der Waals surface area contributed by atoms with Gasteiger partial charge in [0.05, 0.1) is 0 Å². The summed E-state index contributed by atoms with van der Waals surface area (Å²) in [5.41, 5.74) is 3.26. The predicted molar refractivity (Wildman–Crippen MR) is 107 cm³/mol. The molecule has 0 fully saturated rings. The number of hydrogen-bond acceptors (Lipinski definition) is 5. The van der Waals surface area contributed by atoms with Crippen molar-refractivity contribution < 1.29 is 9.59 Å². The van der Waals surface area contributed by atoms with Crippen molar-refractivity contribution in [1.29, 1.82) is 0 Å². The van der Waals surface area contributed by atoms with Crippen LogP contribution in [-0.4, -0.2) is 32.0 Å². The van der Waals surface area contributed by atoms with Crippen molar-refractivity contribution in [1.82, 2.24) is 20.2 Å². The van der Waals surface area contributed by atoms with Crippen LogP contribution in [0.15, 0.2) is 48.5 Å². The van der Waals surface area contributed by atoms with Crippen LogP contribution < -0.4 is 10.6 Å². The van der Waals surface area contributed by atoms with E-state index in [1.165, 1.54) is 17.3 Å². The summed E-state index contributed by atoms with van der Waals surface area (Å²) >= 11 is 0. The van der Waals surface area contributed by atoms with Gasteiger partial charge in [0.15, 0.2) is 0 Å². The number of hydrogen-bond donors (Lipinski definition) is 2. The first-order valence-electron chi connectivity index (χ1n) is 8.96. The van der Waals surface area contributed by atoms with Gasteiger partial charge in [-0.15, -0.1) is 10.2 Å². The molecule has 3 aromatic rings. The molecular formula is C20H22N6O2. The lowest BCUT2D eigenvalue weighted by molar-refractivity contribution is -0.117. The molecule has 8 nitrogen and oxygen atoms in total. The standard InChI is InChI=1S/C20H22N6O2/c1-13(2)15-7-9-16(10-8-15)20-23-25-26(24-20)12-19(28)22-18-6-4-5-17(11-18)21-14(3)27/h4-11,13H,12H2,1-3H3,(H,21,27)(H,22,28). The van der Waals surface area contributed by atoms with Gasteiger partial charge in [0.1, 0.15) is 6.54 Å². The molecular weight excluding hydrogens is 356 g/mol. The Bertz CT molecular complexity index is 978. The minimum absolute atomic E-state index is 0.0680. The molecule has 28 heavy (non-hydrogen) atoms. The molecule has 1 aromatic heterocycles. The zero-order valence-electron chi connectivity index (χ0n) is 16.0. The maximum Gasteiger partial charge on any atom is 0.248 e. The maximum atomic E-state index is 12.3. The largest absolute Gasteiger partial charge is 0.326 e. The SMILES string of the molecule is CC(=O)Nc1cccc(NC(=O)Cn2nnc(-c3ccc(C(C)C)cc3)n2)c1. The summed E-state index contributed by atoms with van der Waals surface area (Å²) in [6, 6.07) is 14.9. The van der Waals surface area contributed by atoms with Crippen LogP contribution in [0.5, 0.6) is 0 Å². The third-order valence-corrected chi connectivity index (χ3v) is 4.04. The molecule has 0 aliphatic carbocycles. The van der Waals surface area contributed by atoms with Crippen molar-refractivity contribution in [3.05, 3.63) is 54.1 Å². The second-order valence-electron chi connectivity index (χ2n) is 6.73. The van der Waals surface area contributed by atoms with E-state index in [4.69, 9.17) is 0 Å². The van der Waals surface area contributed by atoms with Gasteiger partial charge in [-0.2, -0.15) is 4.80 Å².